The van der Waals surface area contributed by atoms with Crippen LogP contribution >= 0.6 is 11.6 Å². The Bertz CT molecular complexity index is 1480. The highest BCUT2D eigenvalue weighted by molar-refractivity contribution is 6.26. The topological polar surface area (TPSA) is 114 Å². The highest BCUT2D eigenvalue weighted by Crippen LogP contribution is 2.44. The van der Waals surface area contributed by atoms with Gasteiger partial charge in [0.05, 0.1) is 4.87 Å². The summed E-state index contributed by atoms with van der Waals surface area (Å²) < 4.78 is 50.1. The first kappa shape index (κ1) is 32.1. The summed E-state index contributed by atoms with van der Waals surface area (Å²) in [6, 6.07) is 8.28. The van der Waals surface area contributed by atoms with Crippen LogP contribution in [0.25, 0.3) is 5.57 Å². The van der Waals surface area contributed by atoms with Crippen LogP contribution in [0.5, 0.6) is 5.88 Å². The summed E-state index contributed by atoms with van der Waals surface area (Å²) in [5.41, 5.74) is 7.53. The second kappa shape index (κ2) is 11.6. The number of nitrogen functional groups attached to an aromatic ring is 1. The third-order valence-electron chi connectivity index (χ3n) is 8.85. The highest BCUT2D eigenvalue weighted by atomic mass is 35.5. The van der Waals surface area contributed by atoms with Gasteiger partial charge in [-0.3, -0.25) is 4.79 Å². The highest BCUT2D eigenvalue weighted by Gasteiger charge is 2.47. The molecule has 2 saturated heterocycles. The van der Waals surface area contributed by atoms with Crippen LogP contribution in [0.3, 0.4) is 0 Å². The molecule has 0 bridgehead atoms. The molecule has 238 valence electrons. The summed E-state index contributed by atoms with van der Waals surface area (Å²) in [4.78, 5) is 20.8. The van der Waals surface area contributed by atoms with Crippen molar-refractivity contribution in [2.45, 2.75) is 82.0 Å². The minimum absolute atomic E-state index is 0.0398. The maximum Gasteiger partial charge on any atom is 0.429 e. The van der Waals surface area contributed by atoms with Crippen molar-refractivity contribution < 1.29 is 27.8 Å². The molecule has 44 heavy (non-hydrogen) atoms. The molecule has 5 rings (SSSR count). The molecule has 0 saturated carbocycles. The van der Waals surface area contributed by atoms with Gasteiger partial charge in [0.25, 0.3) is 0 Å². The molecule has 3 aliphatic rings. The minimum Gasteiger partial charge on any atom is -0.480 e. The van der Waals surface area contributed by atoms with Crippen molar-refractivity contribution in [2.75, 3.05) is 30.3 Å². The number of nitrogens with two attached hydrogens (primary N) is 1. The fraction of sp³-hybridized carbons (Fsp3) is 0.531. The van der Waals surface area contributed by atoms with E-state index in [2.05, 4.69) is 15.3 Å². The molecule has 1 aromatic heterocycles. The summed E-state index contributed by atoms with van der Waals surface area (Å²) in [5.74, 6) is -0.987. The fourth-order valence-corrected chi connectivity index (χ4v) is 6.46. The fourth-order valence-electron chi connectivity index (χ4n) is 6.28. The van der Waals surface area contributed by atoms with E-state index in [1.54, 1.807) is 19.1 Å². The van der Waals surface area contributed by atoms with Gasteiger partial charge in [0.15, 0.2) is 0 Å². The molecule has 3 atom stereocenters. The first-order valence-electron chi connectivity index (χ1n) is 14.8. The zero-order chi connectivity index (χ0) is 32.1. The number of halogens is 4. The lowest BCUT2D eigenvalue weighted by atomic mass is 9.76. The van der Waals surface area contributed by atoms with E-state index in [0.29, 0.717) is 55.9 Å². The molecule has 1 aliphatic carbocycles. The van der Waals surface area contributed by atoms with E-state index in [9.17, 15) is 23.1 Å². The van der Waals surface area contributed by atoms with Crippen molar-refractivity contribution in [1.82, 2.24) is 15.3 Å². The number of carbonyl (C=O) groups is 1. The number of anilines is 2. The zero-order valence-corrected chi connectivity index (χ0v) is 26.1. The number of hydrogen-bond acceptors (Lipinski definition) is 7. The summed E-state index contributed by atoms with van der Waals surface area (Å²) in [6.07, 6.45) is -1.79. The first-order chi connectivity index (χ1) is 20.4. The van der Waals surface area contributed by atoms with Crippen LogP contribution < -0.4 is 20.7 Å². The van der Waals surface area contributed by atoms with Crippen LogP contribution in [0.2, 0.25) is 0 Å². The molecule has 3 heterocycles. The second-order valence-electron chi connectivity index (χ2n) is 13.5. The number of nitrogens with zero attached hydrogens (tertiary/aromatic N) is 3. The average molecular weight is 634 g/mol. The average Bonchev–Trinajstić information content (AvgIpc) is 3.34. The van der Waals surface area contributed by atoms with Crippen LogP contribution in [0.1, 0.15) is 64.5 Å². The van der Waals surface area contributed by atoms with Crippen molar-refractivity contribution in [2.24, 2.45) is 5.41 Å². The number of ether oxygens (including phenoxy) is 1. The first-order valence-corrected chi connectivity index (χ1v) is 15.1. The number of carboxylic acids is 1. The predicted octanol–water partition coefficient (Wildman–Crippen LogP) is 6.11. The summed E-state index contributed by atoms with van der Waals surface area (Å²) in [5, 5.41) is 12.5. The zero-order valence-electron chi connectivity index (χ0n) is 25.3. The molecule has 12 heteroatoms. The molecular weight excluding hydrogens is 595 g/mol. The molecule has 2 aliphatic heterocycles. The second-order valence-corrected chi connectivity index (χ2v) is 14.3. The van der Waals surface area contributed by atoms with E-state index < -0.39 is 29.2 Å². The van der Waals surface area contributed by atoms with Crippen molar-refractivity contribution >= 4 is 34.9 Å². The molecule has 2 aromatic rings. The van der Waals surface area contributed by atoms with Crippen LogP contribution in [-0.2, 0) is 10.2 Å². The largest absolute Gasteiger partial charge is 0.480 e. The summed E-state index contributed by atoms with van der Waals surface area (Å²) in [6.45, 7) is 9.59. The Morgan fingerprint density at radius 1 is 1.20 bits per heavy atom. The molecule has 2 unspecified atom stereocenters. The van der Waals surface area contributed by atoms with E-state index in [-0.39, 0.29) is 34.7 Å². The minimum atomic E-state index is -4.78. The SMILES string of the molecule is CC1(Cl)C=C(c2cccc(C(C)(C)C)c2)C(C(Oc2cc(N3CCC4(CC3)CN[C@H](C(=O)O)C4)nc(N)n2)C(F)(F)F)=CC1. The Morgan fingerprint density at radius 3 is 2.52 bits per heavy atom. The van der Waals surface area contributed by atoms with Crippen molar-refractivity contribution in [3.8, 4) is 5.88 Å². The number of aliphatic carboxylic acids is 1. The van der Waals surface area contributed by atoms with E-state index in [1.807, 2.05) is 43.9 Å². The van der Waals surface area contributed by atoms with Gasteiger partial charge in [-0.1, -0.05) is 57.2 Å². The number of alkyl halides is 4. The van der Waals surface area contributed by atoms with Gasteiger partial charge in [-0.15, -0.1) is 11.6 Å². The van der Waals surface area contributed by atoms with Crippen LogP contribution in [0.4, 0.5) is 24.9 Å². The van der Waals surface area contributed by atoms with Gasteiger partial charge in [0.1, 0.15) is 11.9 Å². The maximum absolute atomic E-state index is 14.8. The van der Waals surface area contributed by atoms with Gasteiger partial charge in [-0.05, 0) is 60.1 Å². The third-order valence-corrected chi connectivity index (χ3v) is 9.11. The Morgan fingerprint density at radius 2 is 1.91 bits per heavy atom. The lowest BCUT2D eigenvalue weighted by molar-refractivity contribution is -0.182. The van der Waals surface area contributed by atoms with Gasteiger partial charge < -0.3 is 25.8 Å². The Labute approximate surface area is 260 Å². The van der Waals surface area contributed by atoms with E-state index in [0.717, 1.165) is 5.56 Å². The van der Waals surface area contributed by atoms with Crippen molar-refractivity contribution in [3.05, 3.63) is 59.2 Å². The van der Waals surface area contributed by atoms with Gasteiger partial charge in [-0.2, -0.15) is 23.1 Å². The van der Waals surface area contributed by atoms with E-state index >= 15 is 0 Å². The van der Waals surface area contributed by atoms with Crippen molar-refractivity contribution in [1.29, 1.82) is 0 Å². The number of allylic oxidation sites excluding steroid dienone is 2. The number of piperidine rings is 1. The number of rotatable bonds is 6. The number of benzene rings is 1. The molecule has 8 nitrogen and oxygen atoms in total. The van der Waals surface area contributed by atoms with Crippen molar-refractivity contribution in [3.63, 3.8) is 0 Å². The van der Waals surface area contributed by atoms with E-state index in [4.69, 9.17) is 22.1 Å². The third kappa shape index (κ3) is 6.99. The Kier molecular flexibility index (Phi) is 8.43. The quantitative estimate of drug-likeness (QED) is 0.327. The molecular formula is C32H39ClF3N5O3. The van der Waals surface area contributed by atoms with E-state index in [1.165, 1.54) is 12.1 Å². The summed E-state index contributed by atoms with van der Waals surface area (Å²) in [7, 11) is 0. The monoisotopic (exact) mass is 633 g/mol. The van der Waals surface area contributed by atoms with Gasteiger partial charge in [0.2, 0.25) is 17.9 Å². The maximum atomic E-state index is 14.8. The van der Waals surface area contributed by atoms with Gasteiger partial charge in [-0.25, -0.2) is 0 Å². The number of aromatic nitrogens is 2. The molecule has 0 amide bonds. The molecule has 4 N–H and O–H groups in total. The standard InChI is InChI=1S/C32H39ClF3N5O3/c1-29(2,3)20-7-5-6-19(14-20)22-16-30(4,33)9-8-21(22)26(32(34,35)36)44-25-15-24(39-28(37)40-25)41-12-10-31(11-13-41)17-23(27(42)43)38-18-31/h5-8,14-16,23,26,38H,9-13,17-18H2,1-4H3,(H,42,43)(H2,37,39,40)/t23-,26?,30?/m0/s1. The smallest absolute Gasteiger partial charge is 0.429 e. The normalized spacial score (nSPS) is 24.5. The van der Waals surface area contributed by atoms with Gasteiger partial charge >= 0.3 is 12.1 Å². The van der Waals surface area contributed by atoms with Crippen LogP contribution in [0, 0.1) is 5.41 Å². The molecule has 0 radical (unpaired) electrons. The molecule has 1 spiro atoms. The lowest BCUT2D eigenvalue weighted by Crippen LogP contribution is -2.42. The van der Waals surface area contributed by atoms with Crippen LogP contribution in [-0.4, -0.2) is 63.9 Å². The molecule has 1 aromatic carbocycles. The Balaban J connectivity index is 1.42. The molecule has 2 fully saturated rings. The van der Waals surface area contributed by atoms with Crippen LogP contribution in [0.15, 0.2) is 48.1 Å². The predicted molar refractivity (Wildman–Crippen MR) is 165 cm³/mol. The van der Waals surface area contributed by atoms with Gasteiger partial charge in [0, 0.05) is 31.3 Å². The lowest BCUT2D eigenvalue weighted by Gasteiger charge is -2.39. The number of nitrogens with one attached hydrogen (secondary N) is 1. The summed E-state index contributed by atoms with van der Waals surface area (Å²) >= 11 is 6.67. The number of hydrogen-bond donors (Lipinski definition) is 3. The number of carboxylic acid groups (broad SMARTS) is 1. The Hall–Kier alpha value is -3.31.